The van der Waals surface area contributed by atoms with Crippen LogP contribution in [0.2, 0.25) is 18.1 Å². The summed E-state index contributed by atoms with van der Waals surface area (Å²) in [7, 11) is -1.92. The molecule has 278 valence electrons. The molecule has 10 heteroatoms. The van der Waals surface area contributed by atoms with Crippen LogP contribution in [0.15, 0.2) is 36.5 Å². The number of aromatic nitrogens is 1. The second-order valence-corrected chi connectivity index (χ2v) is 23.3. The smallest absolute Gasteiger partial charge is 0.435 e. The minimum atomic E-state index is -1.92. The van der Waals surface area contributed by atoms with Gasteiger partial charge in [0.15, 0.2) is 5.82 Å². The predicted octanol–water partition coefficient (Wildman–Crippen LogP) is 9.29. The molecule has 3 aliphatic carbocycles. The molecule has 3 aliphatic rings. The third kappa shape index (κ3) is 8.25. The van der Waals surface area contributed by atoms with E-state index in [1.807, 2.05) is 0 Å². The highest BCUT2D eigenvalue weighted by atomic mass is 28.4. The third-order valence-corrected chi connectivity index (χ3v) is 16.0. The van der Waals surface area contributed by atoms with Crippen molar-refractivity contribution in [1.29, 1.82) is 0 Å². The van der Waals surface area contributed by atoms with E-state index in [2.05, 4.69) is 81.2 Å². The number of rotatable bonds is 3. The number of ether oxygens (including phenoxy) is 2. The minimum absolute atomic E-state index is 0.141. The molecule has 0 aliphatic heterocycles. The van der Waals surface area contributed by atoms with Gasteiger partial charge < -0.3 is 19.0 Å². The van der Waals surface area contributed by atoms with Crippen LogP contribution in [0, 0.1) is 29.1 Å². The van der Waals surface area contributed by atoms with Crippen molar-refractivity contribution >= 4 is 26.3 Å². The van der Waals surface area contributed by atoms with Gasteiger partial charge in [0.1, 0.15) is 22.6 Å². The highest BCUT2D eigenvalue weighted by Gasteiger charge is 2.61. The SMILES string of the molecule is CC(C)(C)OC(=O)NN(C(=O)OC(C)(C)C)c1ccc(C#C[C@]2(O)CC[C@H]3[C@@H]4CCc5cc(O[Si](C)(C)C(C)(C)C)ccc5[C@H]4CC[C@@]32C)cn1. The summed E-state index contributed by atoms with van der Waals surface area (Å²) in [5.41, 5.74) is 2.92. The summed E-state index contributed by atoms with van der Waals surface area (Å²) in [5.74, 6) is 9.01. The van der Waals surface area contributed by atoms with Gasteiger partial charge in [0, 0.05) is 17.2 Å². The number of benzene rings is 1. The maximum atomic E-state index is 13.1. The van der Waals surface area contributed by atoms with E-state index >= 15 is 0 Å². The topological polar surface area (TPSA) is 110 Å². The molecule has 0 saturated heterocycles. The summed E-state index contributed by atoms with van der Waals surface area (Å²) < 4.78 is 17.5. The number of hydrogen-bond acceptors (Lipinski definition) is 7. The molecule has 0 radical (unpaired) electrons. The molecule has 2 N–H and O–H groups in total. The van der Waals surface area contributed by atoms with Gasteiger partial charge in [0.25, 0.3) is 0 Å². The monoisotopic (exact) mass is 717 g/mol. The van der Waals surface area contributed by atoms with Crippen LogP contribution in [-0.4, -0.2) is 47.4 Å². The lowest BCUT2D eigenvalue weighted by atomic mass is 9.53. The van der Waals surface area contributed by atoms with Gasteiger partial charge in [-0.05, 0) is 151 Å². The summed E-state index contributed by atoms with van der Waals surface area (Å²) in [4.78, 5) is 30.1. The van der Waals surface area contributed by atoms with Crippen LogP contribution in [0.1, 0.15) is 124 Å². The molecule has 5 rings (SSSR count). The number of anilines is 1. The van der Waals surface area contributed by atoms with Crippen LogP contribution < -0.4 is 14.9 Å². The van der Waals surface area contributed by atoms with Crippen LogP contribution in [0.5, 0.6) is 5.75 Å². The Morgan fingerprint density at radius 3 is 2.25 bits per heavy atom. The van der Waals surface area contributed by atoms with E-state index in [9.17, 15) is 14.7 Å². The molecule has 1 aromatic carbocycles. The second-order valence-electron chi connectivity index (χ2n) is 18.6. The summed E-state index contributed by atoms with van der Waals surface area (Å²) in [5, 5.41) is 13.3. The average molecular weight is 718 g/mol. The molecule has 2 amide bonds. The average Bonchev–Trinajstić information content (AvgIpc) is 3.26. The van der Waals surface area contributed by atoms with E-state index in [-0.39, 0.29) is 16.3 Å². The van der Waals surface area contributed by atoms with Crippen molar-refractivity contribution < 1.29 is 28.6 Å². The fraction of sp³-hybridized carbons (Fsp3) is 0.634. The van der Waals surface area contributed by atoms with Gasteiger partial charge in [-0.1, -0.05) is 45.6 Å². The molecular formula is C41H59N3O6Si. The van der Waals surface area contributed by atoms with Crippen molar-refractivity contribution in [2.24, 2.45) is 17.3 Å². The number of aliphatic hydroxyl groups is 1. The van der Waals surface area contributed by atoms with Crippen LogP contribution in [-0.2, 0) is 15.9 Å². The Morgan fingerprint density at radius 1 is 0.961 bits per heavy atom. The first kappa shape index (κ1) is 38.7. The largest absolute Gasteiger partial charge is 0.543 e. The van der Waals surface area contributed by atoms with Gasteiger partial charge in [-0.3, -0.25) is 0 Å². The van der Waals surface area contributed by atoms with Crippen LogP contribution in [0.4, 0.5) is 15.4 Å². The molecule has 2 fully saturated rings. The van der Waals surface area contributed by atoms with Crippen molar-refractivity contribution in [1.82, 2.24) is 10.4 Å². The zero-order chi connectivity index (χ0) is 37.8. The Bertz CT molecular complexity index is 1690. The summed E-state index contributed by atoms with van der Waals surface area (Å²) >= 11 is 0. The van der Waals surface area contributed by atoms with E-state index < -0.39 is 37.3 Å². The van der Waals surface area contributed by atoms with Crippen LogP contribution >= 0.6 is 0 Å². The second kappa shape index (κ2) is 13.5. The lowest BCUT2D eigenvalue weighted by Gasteiger charge is -2.52. The number of aryl methyl sites for hydroxylation is 1. The van der Waals surface area contributed by atoms with E-state index in [0.29, 0.717) is 29.7 Å². The first-order chi connectivity index (χ1) is 23.4. The number of nitrogens with one attached hydrogen (secondary N) is 1. The van der Waals surface area contributed by atoms with E-state index in [0.717, 1.165) is 42.9 Å². The standard InChI is InChI=1S/C41H59N3O6Si/c1-37(2,3)48-35(45)43-44(36(46)49-38(4,5)6)34-18-13-27(26-42-34)19-23-41(47)24-21-33-32-16-14-28-25-29(50-51(11,12)39(7,8)9)15-17-30(28)31(32)20-22-40(33,41)10/h13,15,17-18,25-26,31-33,47H,14,16,20-22,24H2,1-12H3,(H,43,45)/t31-,32-,33+,40+,41+/m1/s1. The number of fused-ring (bicyclic) bond motifs is 5. The van der Waals surface area contributed by atoms with E-state index in [1.54, 1.807) is 53.7 Å². The Labute approximate surface area is 306 Å². The van der Waals surface area contributed by atoms with Gasteiger partial charge >= 0.3 is 12.2 Å². The lowest BCUT2D eigenvalue weighted by molar-refractivity contribution is -0.0647. The highest BCUT2D eigenvalue weighted by Crippen LogP contribution is 2.64. The normalized spacial score (nSPS) is 26.0. The molecule has 1 heterocycles. The van der Waals surface area contributed by atoms with Gasteiger partial charge in [-0.2, -0.15) is 5.01 Å². The first-order valence-corrected chi connectivity index (χ1v) is 21.4. The van der Waals surface area contributed by atoms with Crippen molar-refractivity contribution in [3.05, 3.63) is 53.2 Å². The zero-order valence-electron chi connectivity index (χ0n) is 32.8. The number of pyridine rings is 1. The fourth-order valence-corrected chi connectivity index (χ4v) is 8.98. The van der Waals surface area contributed by atoms with Gasteiger partial charge in [-0.25, -0.2) is 20.0 Å². The number of carbonyl (C=O) groups excluding carboxylic acids is 2. The zero-order valence-corrected chi connectivity index (χ0v) is 33.8. The van der Waals surface area contributed by atoms with Crippen LogP contribution in [0.3, 0.4) is 0 Å². The maximum absolute atomic E-state index is 13.1. The Hall–Kier alpha value is -3.55. The highest BCUT2D eigenvalue weighted by molar-refractivity contribution is 6.74. The van der Waals surface area contributed by atoms with Crippen molar-refractivity contribution in [3.63, 3.8) is 0 Å². The number of carbonyl (C=O) groups is 2. The number of amides is 2. The lowest BCUT2D eigenvalue weighted by Crippen LogP contribution is -2.50. The minimum Gasteiger partial charge on any atom is -0.543 e. The molecule has 5 atom stereocenters. The number of hydrazine groups is 1. The summed E-state index contributed by atoms with van der Waals surface area (Å²) in [6.45, 7) is 24.1. The molecule has 0 bridgehead atoms. The molecule has 9 nitrogen and oxygen atoms in total. The molecule has 2 aromatic rings. The molecular weight excluding hydrogens is 659 g/mol. The van der Waals surface area contributed by atoms with Crippen molar-refractivity contribution in [3.8, 4) is 17.6 Å². The summed E-state index contributed by atoms with van der Waals surface area (Å²) in [6.07, 6.45) is 5.57. The molecule has 1 aromatic heterocycles. The Balaban J connectivity index is 1.31. The maximum Gasteiger partial charge on any atom is 0.435 e. The first-order valence-electron chi connectivity index (χ1n) is 18.5. The predicted molar refractivity (Wildman–Crippen MR) is 203 cm³/mol. The van der Waals surface area contributed by atoms with E-state index in [1.165, 1.54) is 17.3 Å². The quantitative estimate of drug-likeness (QED) is 0.185. The van der Waals surface area contributed by atoms with Crippen LogP contribution in [0.25, 0.3) is 0 Å². The molecule has 2 saturated carbocycles. The number of nitrogens with zero attached hydrogens (tertiary/aromatic N) is 2. The van der Waals surface area contributed by atoms with Gasteiger partial charge in [-0.15, -0.1) is 0 Å². The van der Waals surface area contributed by atoms with Crippen molar-refractivity contribution in [2.75, 3.05) is 5.01 Å². The summed E-state index contributed by atoms with van der Waals surface area (Å²) in [6, 6.07) is 10.1. The Morgan fingerprint density at radius 2 is 1.65 bits per heavy atom. The molecule has 0 spiro atoms. The number of hydrogen-bond donors (Lipinski definition) is 2. The van der Waals surface area contributed by atoms with E-state index in [4.69, 9.17) is 13.9 Å². The Kier molecular flexibility index (Phi) is 10.2. The third-order valence-electron chi connectivity index (χ3n) is 11.6. The van der Waals surface area contributed by atoms with Gasteiger partial charge in [0.2, 0.25) is 8.32 Å². The van der Waals surface area contributed by atoms with Crippen molar-refractivity contribution in [2.45, 2.75) is 149 Å². The fourth-order valence-electron chi connectivity index (χ4n) is 7.96. The van der Waals surface area contributed by atoms with Gasteiger partial charge in [0.05, 0.1) is 0 Å². The molecule has 0 unspecified atom stereocenters. The molecule has 51 heavy (non-hydrogen) atoms.